The highest BCUT2D eigenvalue weighted by atomic mass is 35.5. The summed E-state index contributed by atoms with van der Waals surface area (Å²) in [6, 6.07) is 4.95. The van der Waals surface area contributed by atoms with Crippen molar-refractivity contribution >= 4 is 28.5 Å². The molecule has 1 aromatic heterocycles. The Kier molecular flexibility index (Phi) is 2.34. The largest absolute Gasteiger partial charge is 0.480 e. The highest BCUT2D eigenvalue weighted by molar-refractivity contribution is 6.31. The highest BCUT2D eigenvalue weighted by Gasteiger charge is 2.28. The molecule has 0 saturated heterocycles. The average molecular weight is 251 g/mol. The van der Waals surface area contributed by atoms with Crippen molar-refractivity contribution in [1.29, 1.82) is 0 Å². The average Bonchev–Trinajstić information content (AvgIpc) is 2.65. The van der Waals surface area contributed by atoms with E-state index in [2.05, 4.69) is 10.3 Å². The first-order chi connectivity index (χ1) is 8.16. The molecule has 3 N–H and O–H groups in total. The van der Waals surface area contributed by atoms with Crippen molar-refractivity contribution in [3.05, 3.63) is 34.5 Å². The standard InChI is InChI=1S/C12H11ClN2O2/c13-6-1-2-7-8-3-4-14-11(12(16)17)10(8)15-9(7)5-6/h1-2,5,11,14-15H,3-4H2,(H,16,17). The molecule has 1 aromatic carbocycles. The second-order valence-corrected chi connectivity index (χ2v) is 4.62. The minimum absolute atomic E-state index is 0.648. The molecule has 5 heteroatoms. The minimum Gasteiger partial charge on any atom is -0.480 e. The van der Waals surface area contributed by atoms with Crippen LogP contribution in [0.5, 0.6) is 0 Å². The monoisotopic (exact) mass is 250 g/mol. The van der Waals surface area contributed by atoms with Gasteiger partial charge in [0.05, 0.1) is 0 Å². The fraction of sp³-hybridized carbons (Fsp3) is 0.250. The molecule has 0 spiro atoms. The van der Waals surface area contributed by atoms with Gasteiger partial charge in [0.15, 0.2) is 0 Å². The molecule has 1 aliphatic heterocycles. The third-order valence-corrected chi connectivity index (χ3v) is 3.40. The number of halogens is 1. The minimum atomic E-state index is -0.858. The van der Waals surface area contributed by atoms with Gasteiger partial charge in [0, 0.05) is 28.2 Å². The first-order valence-corrected chi connectivity index (χ1v) is 5.81. The molecule has 0 amide bonds. The van der Waals surface area contributed by atoms with Crippen LogP contribution in [-0.2, 0) is 11.2 Å². The fourth-order valence-electron chi connectivity index (χ4n) is 2.42. The molecule has 0 aliphatic carbocycles. The van der Waals surface area contributed by atoms with Crippen LogP contribution in [0, 0.1) is 0 Å². The lowest BCUT2D eigenvalue weighted by Crippen LogP contribution is -2.34. The molecule has 1 unspecified atom stereocenters. The maximum absolute atomic E-state index is 11.2. The number of aromatic nitrogens is 1. The number of hydrogen-bond donors (Lipinski definition) is 3. The summed E-state index contributed by atoms with van der Waals surface area (Å²) in [4.78, 5) is 14.3. The number of aliphatic carboxylic acids is 1. The molecular formula is C12H11ClN2O2. The van der Waals surface area contributed by atoms with Crippen LogP contribution in [0.1, 0.15) is 17.3 Å². The van der Waals surface area contributed by atoms with Gasteiger partial charge in [-0.15, -0.1) is 0 Å². The highest BCUT2D eigenvalue weighted by Crippen LogP contribution is 2.31. The van der Waals surface area contributed by atoms with Gasteiger partial charge in [0.25, 0.3) is 0 Å². The molecule has 0 bridgehead atoms. The van der Waals surface area contributed by atoms with E-state index in [-0.39, 0.29) is 0 Å². The van der Waals surface area contributed by atoms with Crippen LogP contribution >= 0.6 is 11.6 Å². The molecule has 0 saturated carbocycles. The van der Waals surface area contributed by atoms with E-state index >= 15 is 0 Å². The van der Waals surface area contributed by atoms with Crippen molar-refractivity contribution < 1.29 is 9.90 Å². The van der Waals surface area contributed by atoms with Crippen LogP contribution in [0.2, 0.25) is 5.02 Å². The summed E-state index contributed by atoms with van der Waals surface area (Å²) in [6.07, 6.45) is 0.834. The molecule has 1 aliphatic rings. The SMILES string of the molecule is O=C(O)C1NCCc2c1[nH]c1cc(Cl)ccc21. The van der Waals surface area contributed by atoms with Crippen molar-refractivity contribution in [2.24, 2.45) is 0 Å². The van der Waals surface area contributed by atoms with Crippen molar-refractivity contribution in [1.82, 2.24) is 10.3 Å². The zero-order valence-corrected chi connectivity index (χ0v) is 9.71. The summed E-state index contributed by atoms with van der Waals surface area (Å²) in [5, 5.41) is 13.9. The topological polar surface area (TPSA) is 65.1 Å². The number of hydrogen-bond acceptors (Lipinski definition) is 2. The molecule has 4 nitrogen and oxygen atoms in total. The lowest BCUT2D eigenvalue weighted by atomic mass is 9.99. The van der Waals surface area contributed by atoms with Crippen molar-refractivity contribution in [2.75, 3.05) is 6.54 Å². The Hall–Kier alpha value is -1.52. The van der Waals surface area contributed by atoms with Gasteiger partial charge in [-0.25, -0.2) is 0 Å². The smallest absolute Gasteiger partial charge is 0.326 e. The number of carboxylic acid groups (broad SMARTS) is 1. The van der Waals surface area contributed by atoms with E-state index in [1.54, 1.807) is 0 Å². The van der Waals surface area contributed by atoms with E-state index in [1.807, 2.05) is 18.2 Å². The Bertz CT molecular complexity index is 606. The normalized spacial score (nSPS) is 19.2. The van der Waals surface area contributed by atoms with Gasteiger partial charge in [-0.1, -0.05) is 17.7 Å². The predicted octanol–water partition coefficient (Wildman–Crippen LogP) is 2.09. The van der Waals surface area contributed by atoms with Gasteiger partial charge >= 0.3 is 5.97 Å². The lowest BCUT2D eigenvalue weighted by molar-refractivity contribution is -0.139. The number of rotatable bonds is 1. The molecule has 3 rings (SSSR count). The maximum Gasteiger partial charge on any atom is 0.326 e. The van der Waals surface area contributed by atoms with E-state index in [0.29, 0.717) is 11.6 Å². The molecule has 2 aromatic rings. The number of carbonyl (C=O) groups is 1. The van der Waals surface area contributed by atoms with Crippen molar-refractivity contribution in [3.8, 4) is 0 Å². The summed E-state index contributed by atoms with van der Waals surface area (Å²) < 4.78 is 0. The summed E-state index contributed by atoms with van der Waals surface area (Å²) in [5.74, 6) is -0.858. The molecule has 17 heavy (non-hydrogen) atoms. The molecule has 0 radical (unpaired) electrons. The Balaban J connectivity index is 2.24. The zero-order valence-electron chi connectivity index (χ0n) is 8.96. The van der Waals surface area contributed by atoms with E-state index < -0.39 is 12.0 Å². The van der Waals surface area contributed by atoms with Crippen LogP contribution in [0.3, 0.4) is 0 Å². The number of carboxylic acids is 1. The molecule has 88 valence electrons. The third-order valence-electron chi connectivity index (χ3n) is 3.16. The van der Waals surface area contributed by atoms with E-state index in [4.69, 9.17) is 16.7 Å². The Morgan fingerprint density at radius 1 is 1.47 bits per heavy atom. The van der Waals surface area contributed by atoms with Gasteiger partial charge in [0.2, 0.25) is 0 Å². The van der Waals surface area contributed by atoms with E-state index in [0.717, 1.165) is 28.6 Å². The lowest BCUT2D eigenvalue weighted by Gasteiger charge is -2.20. The number of H-pyrrole nitrogens is 1. The zero-order chi connectivity index (χ0) is 12.0. The van der Waals surface area contributed by atoms with Crippen LogP contribution in [0.4, 0.5) is 0 Å². The first-order valence-electron chi connectivity index (χ1n) is 5.43. The second-order valence-electron chi connectivity index (χ2n) is 4.18. The van der Waals surface area contributed by atoms with Crippen LogP contribution in [0.15, 0.2) is 18.2 Å². The molecule has 1 atom stereocenters. The molecule has 2 heterocycles. The third kappa shape index (κ3) is 1.61. The Morgan fingerprint density at radius 2 is 2.29 bits per heavy atom. The first kappa shape index (κ1) is 10.6. The van der Waals surface area contributed by atoms with Crippen LogP contribution in [0.25, 0.3) is 10.9 Å². The molecule has 0 fully saturated rings. The number of nitrogens with one attached hydrogen (secondary N) is 2. The molecular weight excluding hydrogens is 240 g/mol. The van der Waals surface area contributed by atoms with Gasteiger partial charge < -0.3 is 10.1 Å². The van der Waals surface area contributed by atoms with Crippen LogP contribution < -0.4 is 5.32 Å². The van der Waals surface area contributed by atoms with Crippen molar-refractivity contribution in [3.63, 3.8) is 0 Å². The van der Waals surface area contributed by atoms with E-state index in [9.17, 15) is 4.79 Å². The summed E-state index contributed by atoms with van der Waals surface area (Å²) in [6.45, 7) is 0.680. The predicted molar refractivity (Wildman–Crippen MR) is 65.4 cm³/mol. The fourth-order valence-corrected chi connectivity index (χ4v) is 2.59. The van der Waals surface area contributed by atoms with Crippen molar-refractivity contribution in [2.45, 2.75) is 12.5 Å². The second kappa shape index (κ2) is 3.75. The quantitative estimate of drug-likeness (QED) is 0.726. The van der Waals surface area contributed by atoms with E-state index in [1.165, 1.54) is 0 Å². The van der Waals surface area contributed by atoms with Gasteiger partial charge in [-0.05, 0) is 24.1 Å². The Labute approximate surface area is 103 Å². The summed E-state index contributed by atoms with van der Waals surface area (Å²) in [5.41, 5.74) is 2.74. The van der Waals surface area contributed by atoms with Gasteiger partial charge in [0.1, 0.15) is 6.04 Å². The number of benzene rings is 1. The number of fused-ring (bicyclic) bond motifs is 3. The number of aromatic amines is 1. The van der Waals surface area contributed by atoms with Crippen LogP contribution in [-0.4, -0.2) is 22.6 Å². The van der Waals surface area contributed by atoms with Gasteiger partial charge in [-0.2, -0.15) is 0 Å². The Morgan fingerprint density at radius 3 is 3.06 bits per heavy atom. The summed E-state index contributed by atoms with van der Waals surface area (Å²) in [7, 11) is 0. The summed E-state index contributed by atoms with van der Waals surface area (Å²) >= 11 is 5.93. The maximum atomic E-state index is 11.2. The van der Waals surface area contributed by atoms with Gasteiger partial charge in [-0.3, -0.25) is 10.1 Å².